The van der Waals surface area contributed by atoms with Crippen molar-refractivity contribution in [3.63, 3.8) is 0 Å². The van der Waals surface area contributed by atoms with Crippen LogP contribution in [0.4, 0.5) is 11.4 Å². The van der Waals surface area contributed by atoms with Gasteiger partial charge in [-0.3, -0.25) is 9.52 Å². The molecule has 0 fully saturated rings. The topological polar surface area (TPSA) is 75.3 Å². The van der Waals surface area contributed by atoms with Gasteiger partial charge >= 0.3 is 0 Å². The van der Waals surface area contributed by atoms with Crippen LogP contribution in [0.5, 0.6) is 0 Å². The van der Waals surface area contributed by atoms with E-state index in [4.69, 9.17) is 23.2 Å². The van der Waals surface area contributed by atoms with Gasteiger partial charge in [0.05, 0.1) is 21.3 Å². The zero-order chi connectivity index (χ0) is 23.2. The maximum atomic E-state index is 12.9. The van der Waals surface area contributed by atoms with E-state index in [9.17, 15) is 13.2 Å². The van der Waals surface area contributed by atoms with Crippen LogP contribution >= 0.6 is 23.2 Å². The van der Waals surface area contributed by atoms with Crippen molar-refractivity contribution in [3.8, 4) is 0 Å². The minimum Gasteiger partial charge on any atom is -0.322 e. The van der Waals surface area contributed by atoms with E-state index in [1.54, 1.807) is 30.3 Å². The highest BCUT2D eigenvalue weighted by molar-refractivity contribution is 7.92. The lowest BCUT2D eigenvalue weighted by Crippen LogP contribution is -2.19. The smallest absolute Gasteiger partial charge is 0.261 e. The molecule has 2 N–H and O–H groups in total. The molecule has 3 aromatic rings. The molecular weight excluding hydrogens is 467 g/mol. The lowest BCUT2D eigenvalue weighted by atomic mass is 9.86. The largest absolute Gasteiger partial charge is 0.322 e. The summed E-state index contributed by atoms with van der Waals surface area (Å²) in [6.45, 7) is 5.70. The lowest BCUT2D eigenvalue weighted by molar-refractivity contribution is 0.102. The number of benzene rings is 3. The number of sulfonamides is 1. The Morgan fingerprint density at radius 1 is 0.844 bits per heavy atom. The molecule has 0 aliphatic heterocycles. The van der Waals surface area contributed by atoms with Crippen molar-refractivity contribution in [1.82, 2.24) is 0 Å². The van der Waals surface area contributed by atoms with Gasteiger partial charge in [0.25, 0.3) is 15.9 Å². The third kappa shape index (κ3) is 4.22. The number of fused-ring (bicyclic) bond motifs is 1. The Labute approximate surface area is 197 Å². The summed E-state index contributed by atoms with van der Waals surface area (Å²) in [7, 11) is -3.77. The molecule has 0 saturated heterocycles. The lowest BCUT2D eigenvalue weighted by Gasteiger charge is -2.31. The Morgan fingerprint density at radius 3 is 2.06 bits per heavy atom. The second kappa shape index (κ2) is 8.43. The summed E-state index contributed by atoms with van der Waals surface area (Å²) in [5, 5.41) is 2.23. The molecule has 0 aromatic heterocycles. The van der Waals surface area contributed by atoms with Gasteiger partial charge in [0, 0.05) is 11.3 Å². The van der Waals surface area contributed by atoms with E-state index >= 15 is 0 Å². The molecule has 2 atom stereocenters. The molecule has 2 unspecified atom stereocenters. The standard InChI is InChI=1S/C24H22Cl2N2O3S/c1-13-10-14(2)23(15(3)11-13)28-32(30,31)18-7-5-17(6-8-18)27-24(29)16-4-9-19-20(12-16)22(26)21(19)25/h4-12,21-22,28H,1-3H3,(H,27,29). The summed E-state index contributed by atoms with van der Waals surface area (Å²) in [5.41, 5.74) is 6.09. The number of halogens is 2. The zero-order valence-corrected chi connectivity index (χ0v) is 20.1. The van der Waals surface area contributed by atoms with E-state index in [1.807, 2.05) is 32.9 Å². The Bertz CT molecular complexity index is 1300. The predicted octanol–water partition coefficient (Wildman–Crippen LogP) is 6.24. The van der Waals surface area contributed by atoms with Gasteiger partial charge in [-0.25, -0.2) is 8.42 Å². The fourth-order valence-corrected chi connectivity index (χ4v) is 5.74. The summed E-state index contributed by atoms with van der Waals surface area (Å²) in [5.74, 6) is -0.311. The number of aryl methyl sites for hydroxylation is 3. The predicted molar refractivity (Wildman–Crippen MR) is 129 cm³/mol. The van der Waals surface area contributed by atoms with Crippen molar-refractivity contribution >= 4 is 50.5 Å². The average molecular weight is 489 g/mol. The van der Waals surface area contributed by atoms with E-state index in [1.165, 1.54) is 12.1 Å². The molecule has 1 amide bonds. The van der Waals surface area contributed by atoms with Gasteiger partial charge in [-0.15, -0.1) is 23.2 Å². The molecule has 8 heteroatoms. The van der Waals surface area contributed by atoms with E-state index < -0.39 is 10.0 Å². The number of carbonyl (C=O) groups is 1. The van der Waals surface area contributed by atoms with Crippen LogP contribution in [0.15, 0.2) is 59.5 Å². The number of rotatable bonds is 5. The maximum Gasteiger partial charge on any atom is 0.261 e. The number of carbonyl (C=O) groups excluding carboxylic acids is 1. The minimum atomic E-state index is -3.77. The number of alkyl halides is 2. The molecule has 0 bridgehead atoms. The first-order valence-corrected chi connectivity index (χ1v) is 12.4. The number of anilines is 2. The molecule has 5 nitrogen and oxygen atoms in total. The van der Waals surface area contributed by atoms with Crippen molar-refractivity contribution in [2.24, 2.45) is 0 Å². The molecule has 1 aliphatic carbocycles. The van der Waals surface area contributed by atoms with Crippen LogP contribution in [-0.4, -0.2) is 14.3 Å². The SMILES string of the molecule is Cc1cc(C)c(NS(=O)(=O)c2ccc(NC(=O)c3ccc4c(c3)C(Cl)C4Cl)cc2)c(C)c1. The molecule has 4 rings (SSSR count). The molecule has 3 aromatic carbocycles. The second-order valence-corrected chi connectivity index (χ2v) is 10.6. The fourth-order valence-electron chi connectivity index (χ4n) is 3.88. The molecule has 166 valence electrons. The van der Waals surface area contributed by atoms with E-state index in [2.05, 4.69) is 10.0 Å². The van der Waals surface area contributed by atoms with Crippen molar-refractivity contribution in [2.75, 3.05) is 10.0 Å². The summed E-state index contributed by atoms with van der Waals surface area (Å²) < 4.78 is 28.4. The van der Waals surface area contributed by atoms with Gasteiger partial charge in [-0.05, 0) is 79.4 Å². The molecule has 1 aliphatic rings. The van der Waals surface area contributed by atoms with Crippen LogP contribution in [0, 0.1) is 20.8 Å². The zero-order valence-electron chi connectivity index (χ0n) is 17.7. The Kier molecular flexibility index (Phi) is 5.96. The van der Waals surface area contributed by atoms with Crippen LogP contribution in [0.25, 0.3) is 0 Å². The van der Waals surface area contributed by atoms with Gasteiger partial charge in [-0.2, -0.15) is 0 Å². The van der Waals surface area contributed by atoms with Crippen molar-refractivity contribution in [3.05, 3.63) is 88.0 Å². The minimum absolute atomic E-state index is 0.106. The third-order valence-corrected chi connectivity index (χ3v) is 8.00. The Balaban J connectivity index is 1.49. The molecule has 32 heavy (non-hydrogen) atoms. The van der Waals surface area contributed by atoms with Gasteiger partial charge in [0.15, 0.2) is 0 Å². The number of hydrogen-bond acceptors (Lipinski definition) is 3. The number of nitrogens with one attached hydrogen (secondary N) is 2. The van der Waals surface area contributed by atoms with E-state index in [0.29, 0.717) is 16.9 Å². The summed E-state index contributed by atoms with van der Waals surface area (Å²) in [4.78, 5) is 12.7. The average Bonchev–Trinajstić information content (AvgIpc) is 2.75. The number of amides is 1. The quantitative estimate of drug-likeness (QED) is 0.417. The van der Waals surface area contributed by atoms with E-state index in [-0.39, 0.29) is 21.6 Å². The summed E-state index contributed by atoms with van der Waals surface area (Å²) in [6, 6.07) is 15.1. The highest BCUT2D eigenvalue weighted by Crippen LogP contribution is 2.51. The van der Waals surface area contributed by atoms with Gasteiger partial charge in [0.1, 0.15) is 0 Å². The van der Waals surface area contributed by atoms with Crippen LogP contribution in [0.3, 0.4) is 0 Å². The molecule has 0 heterocycles. The monoisotopic (exact) mass is 488 g/mol. The number of hydrogen-bond donors (Lipinski definition) is 2. The normalized spacial score (nSPS) is 17.3. The van der Waals surface area contributed by atoms with Crippen LogP contribution in [0.1, 0.15) is 48.9 Å². The highest BCUT2D eigenvalue weighted by Gasteiger charge is 2.35. The van der Waals surface area contributed by atoms with Gasteiger partial charge in [0.2, 0.25) is 0 Å². The van der Waals surface area contributed by atoms with Crippen LogP contribution in [0.2, 0.25) is 0 Å². The Hall–Kier alpha value is -2.54. The van der Waals surface area contributed by atoms with Crippen molar-refractivity contribution in [2.45, 2.75) is 36.4 Å². The summed E-state index contributed by atoms with van der Waals surface area (Å²) in [6.07, 6.45) is 0. The first-order valence-electron chi connectivity index (χ1n) is 10.0. The van der Waals surface area contributed by atoms with Gasteiger partial charge in [-0.1, -0.05) is 23.8 Å². The van der Waals surface area contributed by atoms with Gasteiger partial charge < -0.3 is 5.32 Å². The maximum absolute atomic E-state index is 12.9. The molecule has 0 radical (unpaired) electrons. The Morgan fingerprint density at radius 2 is 1.44 bits per heavy atom. The fraction of sp³-hybridized carbons (Fsp3) is 0.208. The van der Waals surface area contributed by atoms with Crippen molar-refractivity contribution in [1.29, 1.82) is 0 Å². The molecule has 0 spiro atoms. The summed E-state index contributed by atoms with van der Waals surface area (Å²) >= 11 is 12.3. The highest BCUT2D eigenvalue weighted by atomic mass is 35.5. The van der Waals surface area contributed by atoms with E-state index in [0.717, 1.165) is 27.8 Å². The second-order valence-electron chi connectivity index (χ2n) is 8.00. The van der Waals surface area contributed by atoms with Crippen molar-refractivity contribution < 1.29 is 13.2 Å². The first-order chi connectivity index (χ1) is 15.1. The third-order valence-electron chi connectivity index (χ3n) is 5.54. The first kappa shape index (κ1) is 22.6. The van der Waals surface area contributed by atoms with Crippen LogP contribution in [-0.2, 0) is 10.0 Å². The van der Waals surface area contributed by atoms with Crippen LogP contribution < -0.4 is 10.0 Å². The molecular formula is C24H22Cl2N2O3S. The molecule has 0 saturated carbocycles.